The van der Waals surface area contributed by atoms with Gasteiger partial charge in [0.05, 0.1) is 0 Å². The number of fused-ring (bicyclic) bond motifs is 1. The van der Waals surface area contributed by atoms with Crippen molar-refractivity contribution in [2.24, 2.45) is 5.73 Å². The van der Waals surface area contributed by atoms with Crippen molar-refractivity contribution in [1.29, 1.82) is 0 Å². The van der Waals surface area contributed by atoms with Crippen LogP contribution >= 0.6 is 15.9 Å². The van der Waals surface area contributed by atoms with Crippen LogP contribution in [0, 0.1) is 6.92 Å². The molecule has 2 nitrogen and oxygen atoms in total. The van der Waals surface area contributed by atoms with Gasteiger partial charge in [0.15, 0.2) is 0 Å². The third-order valence-corrected chi connectivity index (χ3v) is 4.04. The molecule has 3 aromatic carbocycles. The SMILES string of the molecule is Cc1cc(Br)ccc1Oc1ccc(CN)c2ccccc12. The van der Waals surface area contributed by atoms with Crippen LogP contribution in [0.3, 0.4) is 0 Å². The lowest BCUT2D eigenvalue weighted by atomic mass is 10.0. The van der Waals surface area contributed by atoms with E-state index in [0.29, 0.717) is 6.54 Å². The normalized spacial score (nSPS) is 10.8. The van der Waals surface area contributed by atoms with Gasteiger partial charge in [-0.3, -0.25) is 0 Å². The first-order valence-electron chi connectivity index (χ1n) is 6.84. The van der Waals surface area contributed by atoms with Crippen molar-refractivity contribution >= 4 is 26.7 Å². The van der Waals surface area contributed by atoms with E-state index in [4.69, 9.17) is 10.5 Å². The van der Waals surface area contributed by atoms with E-state index in [1.165, 1.54) is 0 Å². The molecular formula is C18H16BrNO. The Morgan fingerprint density at radius 3 is 2.38 bits per heavy atom. The first-order valence-corrected chi connectivity index (χ1v) is 7.63. The number of ether oxygens (including phenoxy) is 1. The predicted octanol–water partition coefficient (Wildman–Crippen LogP) is 5.16. The number of hydrogen-bond acceptors (Lipinski definition) is 2. The molecule has 0 unspecified atom stereocenters. The van der Waals surface area contributed by atoms with Gasteiger partial charge in [-0.2, -0.15) is 0 Å². The van der Waals surface area contributed by atoms with E-state index in [0.717, 1.165) is 37.9 Å². The van der Waals surface area contributed by atoms with E-state index >= 15 is 0 Å². The summed E-state index contributed by atoms with van der Waals surface area (Å²) in [4.78, 5) is 0. The average molecular weight is 342 g/mol. The van der Waals surface area contributed by atoms with Crippen LogP contribution in [-0.4, -0.2) is 0 Å². The molecule has 0 radical (unpaired) electrons. The second-order valence-electron chi connectivity index (χ2n) is 4.98. The molecule has 0 heterocycles. The molecule has 0 spiro atoms. The highest BCUT2D eigenvalue weighted by Crippen LogP contribution is 2.33. The van der Waals surface area contributed by atoms with Crippen LogP contribution < -0.4 is 10.5 Å². The third-order valence-electron chi connectivity index (χ3n) is 3.55. The van der Waals surface area contributed by atoms with Gasteiger partial charge in [-0.1, -0.05) is 46.3 Å². The van der Waals surface area contributed by atoms with E-state index in [2.05, 4.69) is 28.1 Å². The van der Waals surface area contributed by atoms with E-state index < -0.39 is 0 Å². The molecule has 0 saturated heterocycles. The smallest absolute Gasteiger partial charge is 0.135 e. The van der Waals surface area contributed by atoms with E-state index in [1.54, 1.807) is 0 Å². The number of halogens is 1. The molecule has 3 rings (SSSR count). The molecule has 0 fully saturated rings. The summed E-state index contributed by atoms with van der Waals surface area (Å²) in [6.07, 6.45) is 0. The Bertz CT molecular complexity index is 798. The Labute approximate surface area is 132 Å². The summed E-state index contributed by atoms with van der Waals surface area (Å²) in [5, 5.41) is 2.23. The summed E-state index contributed by atoms with van der Waals surface area (Å²) < 4.78 is 7.17. The molecule has 21 heavy (non-hydrogen) atoms. The van der Waals surface area contributed by atoms with Crippen molar-refractivity contribution in [3.05, 3.63) is 70.2 Å². The van der Waals surface area contributed by atoms with E-state index in [-0.39, 0.29) is 0 Å². The minimum Gasteiger partial charge on any atom is -0.456 e. The Kier molecular flexibility index (Phi) is 3.95. The molecule has 0 bridgehead atoms. The zero-order chi connectivity index (χ0) is 14.8. The monoisotopic (exact) mass is 341 g/mol. The summed E-state index contributed by atoms with van der Waals surface area (Å²) in [7, 11) is 0. The minimum atomic E-state index is 0.526. The maximum atomic E-state index is 6.12. The van der Waals surface area contributed by atoms with Gasteiger partial charge in [0, 0.05) is 16.4 Å². The highest BCUT2D eigenvalue weighted by atomic mass is 79.9. The van der Waals surface area contributed by atoms with Gasteiger partial charge < -0.3 is 10.5 Å². The Morgan fingerprint density at radius 2 is 1.67 bits per heavy atom. The Hall–Kier alpha value is -1.84. The van der Waals surface area contributed by atoms with Crippen molar-refractivity contribution in [3.63, 3.8) is 0 Å². The maximum Gasteiger partial charge on any atom is 0.135 e. The van der Waals surface area contributed by atoms with Crippen molar-refractivity contribution in [1.82, 2.24) is 0 Å². The predicted molar refractivity (Wildman–Crippen MR) is 90.8 cm³/mol. The summed E-state index contributed by atoms with van der Waals surface area (Å²) in [5.41, 5.74) is 8.04. The molecule has 0 aliphatic rings. The summed E-state index contributed by atoms with van der Waals surface area (Å²) in [5.74, 6) is 1.72. The maximum absolute atomic E-state index is 6.12. The molecule has 2 N–H and O–H groups in total. The minimum absolute atomic E-state index is 0.526. The fraction of sp³-hybridized carbons (Fsp3) is 0.111. The van der Waals surface area contributed by atoms with Crippen LogP contribution in [-0.2, 0) is 6.54 Å². The molecular weight excluding hydrogens is 326 g/mol. The fourth-order valence-electron chi connectivity index (χ4n) is 2.45. The van der Waals surface area contributed by atoms with Crippen LogP contribution in [0.5, 0.6) is 11.5 Å². The Balaban J connectivity index is 2.09. The molecule has 0 aromatic heterocycles. The van der Waals surface area contributed by atoms with Crippen LogP contribution in [0.25, 0.3) is 10.8 Å². The number of rotatable bonds is 3. The van der Waals surface area contributed by atoms with Crippen LogP contribution in [0.4, 0.5) is 0 Å². The van der Waals surface area contributed by atoms with Gasteiger partial charge in [-0.05, 0) is 47.7 Å². The van der Waals surface area contributed by atoms with Crippen LogP contribution in [0.1, 0.15) is 11.1 Å². The highest BCUT2D eigenvalue weighted by molar-refractivity contribution is 9.10. The molecule has 0 saturated carbocycles. The van der Waals surface area contributed by atoms with Crippen molar-refractivity contribution < 1.29 is 4.74 Å². The first-order chi connectivity index (χ1) is 10.2. The lowest BCUT2D eigenvalue weighted by molar-refractivity contribution is 0.484. The van der Waals surface area contributed by atoms with Crippen LogP contribution in [0.2, 0.25) is 0 Å². The standard InChI is InChI=1S/C18H16BrNO/c1-12-10-14(19)7-9-17(12)21-18-8-6-13(11-20)15-4-2-3-5-16(15)18/h2-10H,11,20H2,1H3. The second kappa shape index (κ2) is 5.88. The summed E-state index contributed by atoms with van der Waals surface area (Å²) in [6.45, 7) is 2.56. The molecule has 106 valence electrons. The largest absolute Gasteiger partial charge is 0.456 e. The number of benzene rings is 3. The third kappa shape index (κ3) is 2.80. The first kappa shape index (κ1) is 14.1. The second-order valence-corrected chi connectivity index (χ2v) is 5.90. The van der Waals surface area contributed by atoms with Crippen molar-refractivity contribution in [2.75, 3.05) is 0 Å². The average Bonchev–Trinajstić information content (AvgIpc) is 2.50. The molecule has 3 aromatic rings. The summed E-state index contributed by atoms with van der Waals surface area (Å²) >= 11 is 3.47. The summed E-state index contributed by atoms with van der Waals surface area (Å²) in [6, 6.07) is 18.2. The molecule has 3 heteroatoms. The molecule has 0 aliphatic heterocycles. The highest BCUT2D eigenvalue weighted by Gasteiger charge is 2.08. The quantitative estimate of drug-likeness (QED) is 0.713. The van der Waals surface area contributed by atoms with Gasteiger partial charge in [0.25, 0.3) is 0 Å². The Morgan fingerprint density at radius 1 is 0.952 bits per heavy atom. The van der Waals surface area contributed by atoms with Gasteiger partial charge in [-0.15, -0.1) is 0 Å². The zero-order valence-corrected chi connectivity index (χ0v) is 13.4. The van der Waals surface area contributed by atoms with Gasteiger partial charge >= 0.3 is 0 Å². The van der Waals surface area contributed by atoms with Gasteiger partial charge in [0.1, 0.15) is 11.5 Å². The molecule has 0 aliphatic carbocycles. The van der Waals surface area contributed by atoms with E-state index in [9.17, 15) is 0 Å². The fourth-order valence-corrected chi connectivity index (χ4v) is 2.92. The molecule has 0 atom stereocenters. The lowest BCUT2D eigenvalue weighted by Gasteiger charge is -2.13. The van der Waals surface area contributed by atoms with Crippen molar-refractivity contribution in [2.45, 2.75) is 13.5 Å². The van der Waals surface area contributed by atoms with Gasteiger partial charge in [0.2, 0.25) is 0 Å². The molecule has 0 amide bonds. The van der Waals surface area contributed by atoms with Crippen LogP contribution in [0.15, 0.2) is 59.1 Å². The van der Waals surface area contributed by atoms with E-state index in [1.807, 2.05) is 49.4 Å². The topological polar surface area (TPSA) is 35.2 Å². The number of nitrogens with two attached hydrogens (primary N) is 1. The number of aryl methyl sites for hydroxylation is 1. The number of hydrogen-bond donors (Lipinski definition) is 1. The lowest BCUT2D eigenvalue weighted by Crippen LogP contribution is -1.98. The zero-order valence-electron chi connectivity index (χ0n) is 11.8. The van der Waals surface area contributed by atoms with Gasteiger partial charge in [-0.25, -0.2) is 0 Å². The van der Waals surface area contributed by atoms with Crippen molar-refractivity contribution in [3.8, 4) is 11.5 Å².